The van der Waals surface area contributed by atoms with Crippen molar-refractivity contribution in [2.75, 3.05) is 6.61 Å². The number of nitrogens with one attached hydrogen (secondary N) is 1. The molecule has 0 aliphatic heterocycles. The molecule has 2 atom stereocenters. The summed E-state index contributed by atoms with van der Waals surface area (Å²) < 4.78 is 0. The minimum Gasteiger partial charge on any atom is -0.394 e. The lowest BCUT2D eigenvalue weighted by molar-refractivity contribution is -0.123. The Morgan fingerprint density at radius 2 is 0.692 bits per heavy atom. The normalized spacial score (nSPS) is 13.8. The van der Waals surface area contributed by atoms with Crippen molar-refractivity contribution in [2.45, 2.75) is 251 Å². The van der Waals surface area contributed by atoms with E-state index in [4.69, 9.17) is 0 Å². The van der Waals surface area contributed by atoms with Gasteiger partial charge in [-0.2, -0.15) is 0 Å². The molecular weight excluding hydrogens is 795 g/mol. The highest BCUT2D eigenvalue weighted by molar-refractivity contribution is 5.76. The molecule has 3 N–H and O–H groups in total. The quantitative estimate of drug-likeness (QED) is 0.0421. The fourth-order valence-electron chi connectivity index (χ4n) is 7.56. The lowest BCUT2D eigenvalue weighted by Crippen LogP contribution is -2.45. The van der Waals surface area contributed by atoms with Gasteiger partial charge in [0.2, 0.25) is 5.91 Å². The summed E-state index contributed by atoms with van der Waals surface area (Å²) in [5, 5.41) is 23.1. The van der Waals surface area contributed by atoms with Crippen LogP contribution < -0.4 is 5.32 Å². The molecule has 0 spiro atoms. The van der Waals surface area contributed by atoms with Crippen molar-refractivity contribution in [1.82, 2.24) is 5.32 Å². The van der Waals surface area contributed by atoms with E-state index in [9.17, 15) is 15.0 Å². The van der Waals surface area contributed by atoms with E-state index in [-0.39, 0.29) is 12.5 Å². The molecule has 0 aliphatic carbocycles. The first-order chi connectivity index (χ1) is 32.2. The van der Waals surface area contributed by atoms with E-state index in [0.717, 1.165) is 89.9 Å². The van der Waals surface area contributed by atoms with Gasteiger partial charge in [0.05, 0.1) is 18.8 Å². The van der Waals surface area contributed by atoms with Crippen molar-refractivity contribution >= 4 is 5.91 Å². The average molecular weight is 898 g/mol. The number of unbranched alkanes of at least 4 members (excludes halogenated alkanes) is 23. The van der Waals surface area contributed by atoms with Gasteiger partial charge in [-0.1, -0.05) is 257 Å². The van der Waals surface area contributed by atoms with Crippen LogP contribution in [0.3, 0.4) is 0 Å². The fraction of sp³-hybridized carbons (Fsp3) is 0.656. The van der Waals surface area contributed by atoms with Crippen LogP contribution in [0.1, 0.15) is 239 Å². The highest BCUT2D eigenvalue weighted by atomic mass is 16.3. The van der Waals surface area contributed by atoms with E-state index in [1.54, 1.807) is 6.08 Å². The van der Waals surface area contributed by atoms with Crippen molar-refractivity contribution in [3.05, 3.63) is 122 Å². The van der Waals surface area contributed by atoms with Crippen LogP contribution in [-0.2, 0) is 4.79 Å². The van der Waals surface area contributed by atoms with Gasteiger partial charge >= 0.3 is 0 Å². The Morgan fingerprint density at radius 1 is 0.385 bits per heavy atom. The monoisotopic (exact) mass is 898 g/mol. The fourth-order valence-corrected chi connectivity index (χ4v) is 7.56. The number of aliphatic hydroxyl groups excluding tert-OH is 2. The zero-order valence-electron chi connectivity index (χ0n) is 42.5. The smallest absolute Gasteiger partial charge is 0.220 e. The van der Waals surface area contributed by atoms with Crippen LogP contribution >= 0.6 is 0 Å². The van der Waals surface area contributed by atoms with E-state index in [2.05, 4.69) is 129 Å². The molecule has 0 bridgehead atoms. The summed E-state index contributed by atoms with van der Waals surface area (Å²) in [6.45, 7) is 4.17. The molecule has 4 heteroatoms. The van der Waals surface area contributed by atoms with Crippen molar-refractivity contribution in [1.29, 1.82) is 0 Å². The number of carbonyl (C=O) groups is 1. The number of amides is 1. The Hall–Kier alpha value is -3.21. The van der Waals surface area contributed by atoms with E-state index in [1.165, 1.54) is 128 Å². The van der Waals surface area contributed by atoms with E-state index in [0.29, 0.717) is 6.42 Å². The zero-order valence-corrected chi connectivity index (χ0v) is 42.5. The summed E-state index contributed by atoms with van der Waals surface area (Å²) >= 11 is 0. The summed E-state index contributed by atoms with van der Waals surface area (Å²) in [5.41, 5.74) is 0. The van der Waals surface area contributed by atoms with Crippen molar-refractivity contribution in [2.24, 2.45) is 0 Å². The molecule has 1 amide bonds. The van der Waals surface area contributed by atoms with Gasteiger partial charge < -0.3 is 15.5 Å². The Bertz CT molecular complexity index is 1290. The van der Waals surface area contributed by atoms with Crippen LogP contribution in [0.25, 0.3) is 0 Å². The molecule has 0 radical (unpaired) electrons. The van der Waals surface area contributed by atoms with Gasteiger partial charge in [0.1, 0.15) is 0 Å². The molecule has 0 aromatic carbocycles. The minimum atomic E-state index is -0.891. The maximum absolute atomic E-state index is 12.4. The van der Waals surface area contributed by atoms with E-state index >= 15 is 0 Å². The molecule has 0 aliphatic rings. The molecule has 0 aromatic heterocycles. The summed E-state index contributed by atoms with van der Waals surface area (Å²) in [6.07, 6.45) is 84.9. The van der Waals surface area contributed by atoms with Gasteiger partial charge in [-0.25, -0.2) is 0 Å². The molecule has 0 saturated heterocycles. The Balaban J connectivity index is 3.70. The van der Waals surface area contributed by atoms with Gasteiger partial charge in [-0.15, -0.1) is 0 Å². The molecule has 65 heavy (non-hydrogen) atoms. The lowest BCUT2D eigenvalue weighted by Gasteiger charge is -2.19. The van der Waals surface area contributed by atoms with Crippen LogP contribution in [0.5, 0.6) is 0 Å². The molecule has 0 saturated carbocycles. The third kappa shape index (κ3) is 51.6. The third-order valence-electron chi connectivity index (χ3n) is 11.7. The second-order valence-electron chi connectivity index (χ2n) is 17.9. The first-order valence-corrected chi connectivity index (χ1v) is 27.2. The number of hydrogen-bond acceptors (Lipinski definition) is 3. The summed E-state index contributed by atoms with van der Waals surface area (Å²) in [4.78, 5) is 12.4. The topological polar surface area (TPSA) is 69.6 Å². The van der Waals surface area contributed by atoms with Crippen LogP contribution in [0.4, 0.5) is 0 Å². The maximum Gasteiger partial charge on any atom is 0.220 e. The van der Waals surface area contributed by atoms with Gasteiger partial charge in [0, 0.05) is 6.42 Å². The van der Waals surface area contributed by atoms with Gasteiger partial charge in [-0.3, -0.25) is 4.79 Å². The summed E-state index contributed by atoms with van der Waals surface area (Å²) in [6, 6.07) is -0.673. The number of rotatable bonds is 48. The maximum atomic E-state index is 12.4. The second-order valence-corrected chi connectivity index (χ2v) is 17.9. The predicted octanol–water partition coefficient (Wildman–Crippen LogP) is 18.1. The number of aliphatic hydroxyl groups is 2. The van der Waals surface area contributed by atoms with Gasteiger partial charge in [-0.05, 0) is 96.3 Å². The third-order valence-corrected chi connectivity index (χ3v) is 11.7. The molecule has 0 rings (SSSR count). The molecule has 0 heterocycles. The Labute approximate surface area is 403 Å². The number of carbonyl (C=O) groups excluding carboxylic acids is 1. The standard InChI is InChI=1S/C61H103NO3/c1-3-5-7-9-11-13-15-17-19-21-23-25-27-29-31-33-35-37-39-41-43-45-47-49-51-53-55-57-61(65)62-59(58-63)60(64)56-54-52-50-48-46-44-42-40-38-36-34-32-30-28-26-24-22-20-18-16-14-12-10-8-6-4-2/h5,7,11,13,17,19,23,25,29,31,35,37,41,43,46-49,54,56,59-60,63-64H,3-4,6,8-10,12,14-16,18,20-22,24,26-28,30,32-34,36,38-40,42,44-45,50-53,55,57-58H2,1-2H3,(H,62,65)/b7-5-,13-11-,19-17-,25-23-,31-29-,37-35-,43-41-,48-46+,49-47-,56-54+. The van der Waals surface area contributed by atoms with Crippen molar-refractivity contribution < 1.29 is 15.0 Å². The predicted molar refractivity (Wildman–Crippen MR) is 289 cm³/mol. The Morgan fingerprint density at radius 3 is 1.08 bits per heavy atom. The van der Waals surface area contributed by atoms with Crippen LogP contribution in [-0.4, -0.2) is 34.9 Å². The van der Waals surface area contributed by atoms with Crippen LogP contribution in [0.15, 0.2) is 122 Å². The average Bonchev–Trinajstić information content (AvgIpc) is 3.31. The molecule has 0 aromatic rings. The van der Waals surface area contributed by atoms with Crippen molar-refractivity contribution in [3.63, 3.8) is 0 Å². The first-order valence-electron chi connectivity index (χ1n) is 27.2. The number of allylic oxidation sites excluding steroid dienone is 19. The first kappa shape index (κ1) is 61.8. The molecular formula is C61H103NO3. The molecule has 370 valence electrons. The van der Waals surface area contributed by atoms with E-state index < -0.39 is 12.1 Å². The summed E-state index contributed by atoms with van der Waals surface area (Å²) in [7, 11) is 0. The van der Waals surface area contributed by atoms with Gasteiger partial charge in [0.15, 0.2) is 0 Å². The highest BCUT2D eigenvalue weighted by Gasteiger charge is 2.17. The van der Waals surface area contributed by atoms with Crippen LogP contribution in [0, 0.1) is 0 Å². The molecule has 4 nitrogen and oxygen atoms in total. The van der Waals surface area contributed by atoms with Crippen molar-refractivity contribution in [3.8, 4) is 0 Å². The molecule has 0 fully saturated rings. The second kappa shape index (κ2) is 55.1. The highest BCUT2D eigenvalue weighted by Crippen LogP contribution is 2.15. The van der Waals surface area contributed by atoms with Crippen LogP contribution in [0.2, 0.25) is 0 Å². The molecule has 2 unspecified atom stereocenters. The lowest BCUT2D eigenvalue weighted by atomic mass is 10.0. The summed E-state index contributed by atoms with van der Waals surface area (Å²) in [5.74, 6) is -0.120. The van der Waals surface area contributed by atoms with E-state index in [1.807, 2.05) is 6.08 Å². The largest absolute Gasteiger partial charge is 0.394 e. The van der Waals surface area contributed by atoms with Gasteiger partial charge in [0.25, 0.3) is 0 Å². The SMILES string of the molecule is CC/C=C\C/C=C\C/C=C\C/C=C\C/C=C\C/C=C\C/C=C\C/C=C\CCCCC(=O)NC(CO)C(O)/C=C/CC/C=C/CCCCCCCCCCCCCCCCCCCCCC. The number of hydrogen-bond donors (Lipinski definition) is 3. The minimum absolute atomic E-state index is 0.120. The zero-order chi connectivity index (χ0) is 47.0. The Kier molecular flexibility index (Phi) is 52.4.